The predicted octanol–water partition coefficient (Wildman–Crippen LogP) is 3.25. The van der Waals surface area contributed by atoms with Gasteiger partial charge in [-0.15, -0.1) is 11.3 Å². The maximum Gasteiger partial charge on any atom is 0.348 e. The lowest BCUT2D eigenvalue weighted by molar-refractivity contribution is -0.119. The first-order valence-electron chi connectivity index (χ1n) is 11.1. The standard InChI is InChI=1S/C23H25ClN2O9S2/c1-13-18(22(29)33-2)20(36-19(13)23(30)34-3)25-17(27)12-35-21(28)14-7-8-15(24)16(11-14)37(31,32)26-9-5-4-6-10-26/h7-8,11H,4-6,9-10,12H2,1-3H3,(H,25,27). The Balaban J connectivity index is 1.73. The molecule has 11 nitrogen and oxygen atoms in total. The third-order valence-electron chi connectivity index (χ3n) is 5.59. The molecule has 0 radical (unpaired) electrons. The zero-order valence-electron chi connectivity index (χ0n) is 20.3. The molecule has 1 aliphatic heterocycles. The highest BCUT2D eigenvalue weighted by molar-refractivity contribution is 7.89. The molecule has 0 atom stereocenters. The molecule has 0 aliphatic carbocycles. The van der Waals surface area contributed by atoms with Gasteiger partial charge in [0.2, 0.25) is 10.0 Å². The first-order chi connectivity index (χ1) is 17.5. The van der Waals surface area contributed by atoms with E-state index >= 15 is 0 Å². The van der Waals surface area contributed by atoms with Gasteiger partial charge in [-0.25, -0.2) is 22.8 Å². The molecule has 0 unspecified atom stereocenters. The van der Waals surface area contributed by atoms with Gasteiger partial charge >= 0.3 is 17.9 Å². The number of thiophene rings is 1. The lowest BCUT2D eigenvalue weighted by Crippen LogP contribution is -2.35. The molecular weight excluding hydrogens is 548 g/mol. The molecule has 37 heavy (non-hydrogen) atoms. The molecule has 1 aromatic carbocycles. The van der Waals surface area contributed by atoms with Crippen molar-refractivity contribution in [3.8, 4) is 0 Å². The van der Waals surface area contributed by atoms with E-state index in [-0.39, 0.29) is 36.5 Å². The van der Waals surface area contributed by atoms with Crippen LogP contribution in [-0.2, 0) is 29.0 Å². The quantitative estimate of drug-likeness (QED) is 0.372. The van der Waals surface area contributed by atoms with Crippen LogP contribution >= 0.6 is 22.9 Å². The van der Waals surface area contributed by atoms with Crippen molar-refractivity contribution in [1.29, 1.82) is 0 Å². The molecule has 0 spiro atoms. The van der Waals surface area contributed by atoms with Crippen molar-refractivity contribution in [2.75, 3.05) is 39.2 Å². The number of methoxy groups -OCH3 is 2. The summed E-state index contributed by atoms with van der Waals surface area (Å²) in [5.41, 5.74) is 0.125. The summed E-state index contributed by atoms with van der Waals surface area (Å²) in [6, 6.07) is 3.69. The van der Waals surface area contributed by atoms with Crippen LogP contribution in [-0.4, -0.2) is 70.5 Å². The van der Waals surface area contributed by atoms with Gasteiger partial charge in [-0.05, 0) is 43.5 Å². The number of ether oxygens (including phenoxy) is 3. The Morgan fingerprint density at radius 1 is 1.03 bits per heavy atom. The van der Waals surface area contributed by atoms with Crippen LogP contribution in [0.25, 0.3) is 0 Å². The highest BCUT2D eigenvalue weighted by atomic mass is 35.5. The molecule has 3 rings (SSSR count). The summed E-state index contributed by atoms with van der Waals surface area (Å²) in [7, 11) is -1.59. The number of sulfonamides is 1. The van der Waals surface area contributed by atoms with E-state index in [0.717, 1.165) is 43.8 Å². The zero-order chi connectivity index (χ0) is 27.3. The number of nitrogens with one attached hydrogen (secondary N) is 1. The van der Waals surface area contributed by atoms with E-state index in [1.54, 1.807) is 0 Å². The second-order valence-electron chi connectivity index (χ2n) is 7.98. The van der Waals surface area contributed by atoms with Crippen LogP contribution in [0.5, 0.6) is 0 Å². The average molecular weight is 573 g/mol. The Morgan fingerprint density at radius 2 is 1.68 bits per heavy atom. The molecular formula is C23H25ClN2O9S2. The minimum Gasteiger partial charge on any atom is -0.465 e. The van der Waals surface area contributed by atoms with Gasteiger partial charge in [-0.1, -0.05) is 18.0 Å². The van der Waals surface area contributed by atoms with Gasteiger partial charge < -0.3 is 19.5 Å². The summed E-state index contributed by atoms with van der Waals surface area (Å²) >= 11 is 6.94. The van der Waals surface area contributed by atoms with Crippen LogP contribution < -0.4 is 5.32 Å². The number of amides is 1. The topological polar surface area (TPSA) is 145 Å². The van der Waals surface area contributed by atoms with Crippen molar-refractivity contribution in [2.24, 2.45) is 0 Å². The number of hydrogen-bond donors (Lipinski definition) is 1. The minimum absolute atomic E-state index is 0.0206. The number of halogens is 1. The third-order valence-corrected chi connectivity index (χ3v) is 9.16. The zero-order valence-corrected chi connectivity index (χ0v) is 22.7. The van der Waals surface area contributed by atoms with Crippen LogP contribution in [0.15, 0.2) is 23.1 Å². The van der Waals surface area contributed by atoms with Gasteiger partial charge in [-0.3, -0.25) is 4.79 Å². The lowest BCUT2D eigenvalue weighted by atomic mass is 10.1. The first-order valence-corrected chi connectivity index (χ1v) is 13.7. The minimum atomic E-state index is -3.91. The number of rotatable bonds is 8. The summed E-state index contributed by atoms with van der Waals surface area (Å²) in [4.78, 5) is 49.1. The molecule has 2 aromatic rings. The van der Waals surface area contributed by atoms with E-state index < -0.39 is 40.4 Å². The van der Waals surface area contributed by atoms with Gasteiger partial charge in [-0.2, -0.15) is 4.31 Å². The molecule has 1 saturated heterocycles. The van der Waals surface area contributed by atoms with Gasteiger partial charge in [0.1, 0.15) is 14.8 Å². The van der Waals surface area contributed by atoms with Crippen molar-refractivity contribution in [2.45, 2.75) is 31.1 Å². The number of esters is 3. The van der Waals surface area contributed by atoms with Crippen molar-refractivity contribution < 1.29 is 41.8 Å². The van der Waals surface area contributed by atoms with Gasteiger partial charge in [0.25, 0.3) is 5.91 Å². The largest absolute Gasteiger partial charge is 0.465 e. The van der Waals surface area contributed by atoms with Crippen molar-refractivity contribution in [1.82, 2.24) is 4.31 Å². The summed E-state index contributed by atoms with van der Waals surface area (Å²) in [6.45, 7) is 1.48. The van der Waals surface area contributed by atoms with Crippen LogP contribution in [0.3, 0.4) is 0 Å². The normalized spacial score (nSPS) is 14.1. The Morgan fingerprint density at radius 3 is 2.30 bits per heavy atom. The maximum atomic E-state index is 13.0. The lowest BCUT2D eigenvalue weighted by Gasteiger charge is -2.26. The maximum absolute atomic E-state index is 13.0. The van der Waals surface area contributed by atoms with Crippen molar-refractivity contribution in [3.05, 3.63) is 44.8 Å². The summed E-state index contributed by atoms with van der Waals surface area (Å²) in [5, 5.41) is 2.41. The molecule has 200 valence electrons. The number of nitrogens with zero attached hydrogens (tertiary/aromatic N) is 1. The second kappa shape index (κ2) is 12.0. The van der Waals surface area contributed by atoms with E-state index in [1.807, 2.05) is 0 Å². The number of piperidine rings is 1. The third kappa shape index (κ3) is 6.29. The number of hydrogen-bond acceptors (Lipinski definition) is 10. The second-order valence-corrected chi connectivity index (χ2v) is 11.3. The smallest absolute Gasteiger partial charge is 0.348 e. The summed E-state index contributed by atoms with van der Waals surface area (Å²) in [6.07, 6.45) is 2.40. The molecule has 1 aliphatic rings. The SMILES string of the molecule is COC(=O)c1sc(NC(=O)COC(=O)c2ccc(Cl)c(S(=O)(=O)N3CCCCC3)c2)c(C(=O)OC)c1C. The average Bonchev–Trinajstić information content (AvgIpc) is 3.22. The highest BCUT2D eigenvalue weighted by Crippen LogP contribution is 2.34. The van der Waals surface area contributed by atoms with E-state index in [1.165, 1.54) is 30.5 Å². The Hall–Kier alpha value is -3.00. The van der Waals surface area contributed by atoms with Gasteiger partial charge in [0, 0.05) is 13.1 Å². The Bertz CT molecular complexity index is 1330. The molecule has 2 heterocycles. The summed E-state index contributed by atoms with van der Waals surface area (Å²) < 4.78 is 41.8. The molecule has 0 bridgehead atoms. The van der Waals surface area contributed by atoms with Crippen LogP contribution in [0.2, 0.25) is 5.02 Å². The fourth-order valence-electron chi connectivity index (χ4n) is 3.69. The fraction of sp³-hybridized carbons (Fsp3) is 0.391. The van der Waals surface area contributed by atoms with Crippen molar-refractivity contribution >= 4 is 61.8 Å². The van der Waals surface area contributed by atoms with Gasteiger partial charge in [0.15, 0.2) is 6.61 Å². The first kappa shape index (κ1) is 28.6. The van der Waals surface area contributed by atoms with Crippen LogP contribution in [0.1, 0.15) is 55.2 Å². The van der Waals surface area contributed by atoms with E-state index in [0.29, 0.717) is 13.1 Å². The number of carbonyl (C=O) groups is 4. The number of benzene rings is 1. The molecule has 14 heteroatoms. The summed E-state index contributed by atoms with van der Waals surface area (Å²) in [5.74, 6) is -3.23. The van der Waals surface area contributed by atoms with Crippen LogP contribution in [0.4, 0.5) is 5.00 Å². The van der Waals surface area contributed by atoms with Crippen molar-refractivity contribution in [3.63, 3.8) is 0 Å². The molecule has 1 aromatic heterocycles. The Kier molecular flexibility index (Phi) is 9.29. The van der Waals surface area contributed by atoms with E-state index in [9.17, 15) is 27.6 Å². The predicted molar refractivity (Wildman–Crippen MR) is 135 cm³/mol. The number of anilines is 1. The molecule has 1 N–H and O–H groups in total. The molecule has 1 fully saturated rings. The van der Waals surface area contributed by atoms with Gasteiger partial charge in [0.05, 0.1) is 30.4 Å². The molecule has 1 amide bonds. The van der Waals surface area contributed by atoms with E-state index in [4.69, 9.17) is 25.8 Å². The van der Waals surface area contributed by atoms with E-state index in [2.05, 4.69) is 5.32 Å². The highest BCUT2D eigenvalue weighted by Gasteiger charge is 2.30. The monoisotopic (exact) mass is 572 g/mol. The Labute approximate surface area is 222 Å². The fourth-order valence-corrected chi connectivity index (χ4v) is 6.83. The molecule has 0 saturated carbocycles. The number of carbonyl (C=O) groups excluding carboxylic acids is 4. The van der Waals surface area contributed by atoms with Crippen LogP contribution in [0, 0.1) is 6.92 Å².